The number of amides is 1. The third kappa shape index (κ3) is 4.49. The van der Waals surface area contributed by atoms with E-state index < -0.39 is 0 Å². The van der Waals surface area contributed by atoms with Crippen molar-refractivity contribution in [2.75, 3.05) is 6.54 Å². The molecule has 20 heavy (non-hydrogen) atoms. The summed E-state index contributed by atoms with van der Waals surface area (Å²) in [6, 6.07) is 5.24. The first-order valence-electron chi connectivity index (χ1n) is 7.29. The molecule has 1 aliphatic rings. The van der Waals surface area contributed by atoms with E-state index in [0.717, 1.165) is 29.3 Å². The van der Waals surface area contributed by atoms with Crippen LogP contribution in [0.25, 0.3) is 0 Å². The monoisotopic (exact) mass is 357 g/mol. The second-order valence-electron chi connectivity index (χ2n) is 5.81. The molecule has 2 nitrogen and oxygen atoms in total. The SMILES string of the molecule is CC1CCCC(CCNC(=O)c2ccc(Cl)cc2Br)C1. The number of carbonyl (C=O) groups is 1. The zero-order valence-corrected chi connectivity index (χ0v) is 14.1. The molecule has 4 heteroatoms. The molecular weight excluding hydrogens is 338 g/mol. The quantitative estimate of drug-likeness (QED) is 0.802. The van der Waals surface area contributed by atoms with E-state index in [0.29, 0.717) is 10.6 Å². The summed E-state index contributed by atoms with van der Waals surface area (Å²) in [5.74, 6) is 1.58. The lowest BCUT2D eigenvalue weighted by Gasteiger charge is -2.26. The minimum atomic E-state index is -0.0302. The van der Waals surface area contributed by atoms with Crippen molar-refractivity contribution in [2.24, 2.45) is 11.8 Å². The van der Waals surface area contributed by atoms with E-state index in [1.54, 1.807) is 18.2 Å². The van der Waals surface area contributed by atoms with E-state index in [1.807, 2.05) is 0 Å². The van der Waals surface area contributed by atoms with Crippen LogP contribution in [0.1, 0.15) is 49.4 Å². The van der Waals surface area contributed by atoms with Gasteiger partial charge in [0, 0.05) is 16.0 Å². The van der Waals surface area contributed by atoms with Gasteiger partial charge in [-0.1, -0.05) is 37.8 Å². The second kappa shape index (κ2) is 7.46. The van der Waals surface area contributed by atoms with Gasteiger partial charge >= 0.3 is 0 Å². The first-order valence-corrected chi connectivity index (χ1v) is 8.46. The fourth-order valence-corrected chi connectivity index (χ4v) is 3.84. The number of rotatable bonds is 4. The van der Waals surface area contributed by atoms with Crippen molar-refractivity contribution in [3.05, 3.63) is 33.3 Å². The first kappa shape index (κ1) is 15.8. The molecule has 1 aromatic rings. The van der Waals surface area contributed by atoms with Crippen LogP contribution in [-0.2, 0) is 0 Å². The van der Waals surface area contributed by atoms with Gasteiger partial charge in [-0.3, -0.25) is 4.79 Å². The van der Waals surface area contributed by atoms with Crippen LogP contribution in [0, 0.1) is 11.8 Å². The molecule has 1 amide bonds. The summed E-state index contributed by atoms with van der Waals surface area (Å²) >= 11 is 9.26. The highest BCUT2D eigenvalue weighted by molar-refractivity contribution is 9.10. The number of carbonyl (C=O) groups excluding carboxylic acids is 1. The maximum absolute atomic E-state index is 12.1. The van der Waals surface area contributed by atoms with Crippen LogP contribution >= 0.6 is 27.5 Å². The van der Waals surface area contributed by atoms with E-state index in [9.17, 15) is 4.79 Å². The Labute approximate surface area is 134 Å². The largest absolute Gasteiger partial charge is 0.352 e. The van der Waals surface area contributed by atoms with Gasteiger partial charge in [0.2, 0.25) is 0 Å². The van der Waals surface area contributed by atoms with E-state index in [4.69, 9.17) is 11.6 Å². The van der Waals surface area contributed by atoms with E-state index >= 15 is 0 Å². The molecule has 0 bridgehead atoms. The Balaban J connectivity index is 1.80. The lowest BCUT2D eigenvalue weighted by atomic mass is 9.81. The molecule has 110 valence electrons. The molecular formula is C16H21BrClNO. The molecule has 1 aliphatic carbocycles. The van der Waals surface area contributed by atoms with Crippen molar-refractivity contribution in [2.45, 2.75) is 39.0 Å². The van der Waals surface area contributed by atoms with Gasteiger partial charge in [-0.2, -0.15) is 0 Å². The average molecular weight is 359 g/mol. The van der Waals surface area contributed by atoms with Gasteiger partial charge in [0.25, 0.3) is 5.91 Å². The van der Waals surface area contributed by atoms with Crippen LogP contribution in [0.15, 0.2) is 22.7 Å². The van der Waals surface area contributed by atoms with E-state index in [2.05, 4.69) is 28.2 Å². The van der Waals surface area contributed by atoms with Gasteiger partial charge in [0.05, 0.1) is 5.56 Å². The van der Waals surface area contributed by atoms with Crippen LogP contribution in [0.5, 0.6) is 0 Å². The first-order chi connectivity index (χ1) is 9.56. The highest BCUT2D eigenvalue weighted by Gasteiger charge is 2.19. The molecule has 0 aliphatic heterocycles. The molecule has 0 heterocycles. The van der Waals surface area contributed by atoms with E-state index in [1.165, 1.54) is 25.7 Å². The summed E-state index contributed by atoms with van der Waals surface area (Å²) in [4.78, 5) is 12.1. The lowest BCUT2D eigenvalue weighted by Crippen LogP contribution is -2.27. The Bertz CT molecular complexity index is 478. The normalized spacial score (nSPS) is 22.6. The van der Waals surface area contributed by atoms with Gasteiger partial charge < -0.3 is 5.32 Å². The van der Waals surface area contributed by atoms with E-state index in [-0.39, 0.29) is 5.91 Å². The Kier molecular flexibility index (Phi) is 5.91. The average Bonchev–Trinajstić information content (AvgIpc) is 2.38. The molecule has 2 atom stereocenters. The summed E-state index contributed by atoms with van der Waals surface area (Å²) < 4.78 is 0.744. The molecule has 1 aromatic carbocycles. The summed E-state index contributed by atoms with van der Waals surface area (Å²) in [5, 5.41) is 3.64. The van der Waals surface area contributed by atoms with Crippen LogP contribution in [0.3, 0.4) is 0 Å². The third-order valence-electron chi connectivity index (χ3n) is 4.06. The van der Waals surface area contributed by atoms with Gasteiger partial charge in [0.15, 0.2) is 0 Å². The Morgan fingerprint density at radius 2 is 2.25 bits per heavy atom. The minimum absolute atomic E-state index is 0.0302. The van der Waals surface area contributed by atoms with Gasteiger partial charge in [0.1, 0.15) is 0 Å². The molecule has 2 unspecified atom stereocenters. The number of benzene rings is 1. The summed E-state index contributed by atoms with van der Waals surface area (Å²) in [7, 11) is 0. The number of nitrogens with one attached hydrogen (secondary N) is 1. The maximum Gasteiger partial charge on any atom is 0.252 e. The predicted molar refractivity (Wildman–Crippen MR) is 87.2 cm³/mol. The van der Waals surface area contributed by atoms with Gasteiger partial charge in [-0.25, -0.2) is 0 Å². The van der Waals surface area contributed by atoms with Crippen molar-refractivity contribution < 1.29 is 4.79 Å². The van der Waals surface area contributed by atoms with Crippen molar-refractivity contribution >= 4 is 33.4 Å². The van der Waals surface area contributed by atoms with Gasteiger partial charge in [-0.15, -0.1) is 0 Å². The highest BCUT2D eigenvalue weighted by atomic mass is 79.9. The maximum atomic E-state index is 12.1. The Hall–Kier alpha value is -0.540. The van der Waals surface area contributed by atoms with Crippen LogP contribution in [-0.4, -0.2) is 12.5 Å². The summed E-state index contributed by atoms with van der Waals surface area (Å²) in [6.45, 7) is 3.08. The molecule has 1 fully saturated rings. The van der Waals surface area contributed by atoms with Crippen molar-refractivity contribution in [3.8, 4) is 0 Å². The number of hydrogen-bond acceptors (Lipinski definition) is 1. The molecule has 0 aromatic heterocycles. The molecule has 0 spiro atoms. The smallest absolute Gasteiger partial charge is 0.252 e. The third-order valence-corrected chi connectivity index (χ3v) is 4.95. The zero-order valence-electron chi connectivity index (χ0n) is 11.8. The standard InChI is InChI=1S/C16H21BrClNO/c1-11-3-2-4-12(9-11)7-8-19-16(20)14-6-5-13(18)10-15(14)17/h5-6,10-12H,2-4,7-9H2,1H3,(H,19,20). The minimum Gasteiger partial charge on any atom is -0.352 e. The molecule has 1 N–H and O–H groups in total. The van der Waals surface area contributed by atoms with Crippen molar-refractivity contribution in [1.29, 1.82) is 0 Å². The Morgan fingerprint density at radius 3 is 2.95 bits per heavy atom. The second-order valence-corrected chi connectivity index (χ2v) is 7.10. The van der Waals surface area contributed by atoms with Crippen molar-refractivity contribution in [3.63, 3.8) is 0 Å². The highest BCUT2D eigenvalue weighted by Crippen LogP contribution is 2.30. The predicted octanol–water partition coefficient (Wildman–Crippen LogP) is 5.05. The fraction of sp³-hybridized carbons (Fsp3) is 0.562. The van der Waals surface area contributed by atoms with Gasteiger partial charge in [-0.05, 0) is 58.8 Å². The zero-order chi connectivity index (χ0) is 14.5. The number of hydrogen-bond donors (Lipinski definition) is 1. The molecule has 1 saturated carbocycles. The topological polar surface area (TPSA) is 29.1 Å². The summed E-state index contributed by atoms with van der Waals surface area (Å²) in [6.07, 6.45) is 6.40. The lowest BCUT2D eigenvalue weighted by molar-refractivity contribution is 0.0949. The van der Waals surface area contributed by atoms with Crippen LogP contribution in [0.2, 0.25) is 5.02 Å². The van der Waals surface area contributed by atoms with Crippen LogP contribution in [0.4, 0.5) is 0 Å². The molecule has 2 rings (SSSR count). The van der Waals surface area contributed by atoms with Crippen molar-refractivity contribution in [1.82, 2.24) is 5.32 Å². The number of halogens is 2. The molecule has 0 radical (unpaired) electrons. The molecule has 0 saturated heterocycles. The van der Waals surface area contributed by atoms with Crippen LogP contribution < -0.4 is 5.32 Å². The Morgan fingerprint density at radius 1 is 1.45 bits per heavy atom. The summed E-state index contributed by atoms with van der Waals surface area (Å²) in [5.41, 5.74) is 0.645. The fourth-order valence-electron chi connectivity index (χ4n) is 2.98.